The highest BCUT2D eigenvalue weighted by Gasteiger charge is 2.56. The molecule has 6 heteroatoms. The van der Waals surface area contributed by atoms with Crippen molar-refractivity contribution in [3.8, 4) is 0 Å². The summed E-state index contributed by atoms with van der Waals surface area (Å²) in [5.41, 5.74) is -2.16. The quantitative estimate of drug-likeness (QED) is 0.488. The molecule has 90 valence electrons. The van der Waals surface area contributed by atoms with Crippen molar-refractivity contribution in [2.75, 3.05) is 0 Å². The monoisotopic (exact) mass is 230 g/mol. The SMILES string of the molecule is O=C(O)C1CCCCCC1(C(=O)O)C(=O)O. The zero-order valence-electron chi connectivity index (χ0n) is 8.68. The van der Waals surface area contributed by atoms with Crippen molar-refractivity contribution in [1.82, 2.24) is 0 Å². The van der Waals surface area contributed by atoms with Gasteiger partial charge in [-0.25, -0.2) is 0 Å². The van der Waals surface area contributed by atoms with Gasteiger partial charge in [-0.2, -0.15) is 0 Å². The number of aliphatic carboxylic acids is 3. The number of hydrogen-bond acceptors (Lipinski definition) is 3. The molecule has 6 nitrogen and oxygen atoms in total. The molecule has 0 heterocycles. The van der Waals surface area contributed by atoms with Gasteiger partial charge < -0.3 is 15.3 Å². The van der Waals surface area contributed by atoms with Crippen LogP contribution >= 0.6 is 0 Å². The molecule has 1 aliphatic carbocycles. The molecular weight excluding hydrogens is 216 g/mol. The number of carbonyl (C=O) groups is 3. The number of hydrogen-bond donors (Lipinski definition) is 3. The first kappa shape index (κ1) is 12.5. The lowest BCUT2D eigenvalue weighted by atomic mass is 9.72. The Morgan fingerprint density at radius 3 is 1.94 bits per heavy atom. The van der Waals surface area contributed by atoms with Gasteiger partial charge in [0.05, 0.1) is 5.92 Å². The summed E-state index contributed by atoms with van der Waals surface area (Å²) in [6.07, 6.45) is 1.65. The standard InChI is InChI=1S/C10H14O6/c11-7(12)6-4-2-1-3-5-10(6,8(13)14)9(15)16/h6H,1-5H2,(H,11,12)(H,13,14)(H,15,16). The molecule has 1 fully saturated rings. The van der Waals surface area contributed by atoms with Gasteiger partial charge in [-0.15, -0.1) is 0 Å². The zero-order valence-corrected chi connectivity index (χ0v) is 8.68. The Hall–Kier alpha value is -1.59. The number of carboxylic acid groups (broad SMARTS) is 3. The first-order valence-electron chi connectivity index (χ1n) is 5.12. The summed E-state index contributed by atoms with van der Waals surface area (Å²) in [5, 5.41) is 27.1. The molecule has 0 radical (unpaired) electrons. The van der Waals surface area contributed by atoms with Gasteiger partial charge in [-0.05, 0) is 12.8 Å². The van der Waals surface area contributed by atoms with Crippen LogP contribution in [0.25, 0.3) is 0 Å². The molecule has 0 aromatic rings. The fourth-order valence-corrected chi connectivity index (χ4v) is 2.29. The lowest BCUT2D eigenvalue weighted by Crippen LogP contribution is -2.48. The van der Waals surface area contributed by atoms with E-state index in [4.69, 9.17) is 15.3 Å². The lowest BCUT2D eigenvalue weighted by Gasteiger charge is -2.28. The minimum atomic E-state index is -2.16. The maximum atomic E-state index is 11.1. The Bertz CT molecular complexity index is 307. The largest absolute Gasteiger partial charge is 0.481 e. The van der Waals surface area contributed by atoms with Crippen molar-refractivity contribution in [2.24, 2.45) is 11.3 Å². The first-order valence-corrected chi connectivity index (χ1v) is 5.12. The van der Waals surface area contributed by atoms with Gasteiger partial charge in [0.15, 0.2) is 5.41 Å². The number of rotatable bonds is 3. The van der Waals surface area contributed by atoms with Crippen molar-refractivity contribution in [3.63, 3.8) is 0 Å². The van der Waals surface area contributed by atoms with Gasteiger partial charge in [-0.3, -0.25) is 14.4 Å². The predicted molar refractivity (Wildman–Crippen MR) is 51.9 cm³/mol. The summed E-state index contributed by atoms with van der Waals surface area (Å²) < 4.78 is 0. The molecule has 1 atom stereocenters. The van der Waals surface area contributed by atoms with Crippen LogP contribution in [0.2, 0.25) is 0 Å². The van der Waals surface area contributed by atoms with Gasteiger partial charge in [0.25, 0.3) is 0 Å². The highest BCUT2D eigenvalue weighted by molar-refractivity contribution is 6.02. The predicted octanol–water partition coefficient (Wildman–Crippen LogP) is 0.807. The van der Waals surface area contributed by atoms with Crippen LogP contribution in [0.1, 0.15) is 32.1 Å². The Morgan fingerprint density at radius 1 is 0.938 bits per heavy atom. The highest BCUT2D eigenvalue weighted by atomic mass is 16.4. The summed E-state index contributed by atoms with van der Waals surface area (Å²) >= 11 is 0. The van der Waals surface area contributed by atoms with Crippen molar-refractivity contribution in [2.45, 2.75) is 32.1 Å². The van der Waals surface area contributed by atoms with E-state index in [0.717, 1.165) is 0 Å². The molecule has 1 aliphatic rings. The van der Waals surface area contributed by atoms with Crippen LogP contribution in [0.5, 0.6) is 0 Å². The summed E-state index contributed by atoms with van der Waals surface area (Å²) in [6, 6.07) is 0. The third-order valence-electron chi connectivity index (χ3n) is 3.22. The fourth-order valence-electron chi connectivity index (χ4n) is 2.29. The smallest absolute Gasteiger partial charge is 0.321 e. The van der Waals surface area contributed by atoms with Crippen LogP contribution in [0.3, 0.4) is 0 Å². The minimum absolute atomic E-state index is 0.105. The molecule has 1 rings (SSSR count). The van der Waals surface area contributed by atoms with Gasteiger partial charge in [0, 0.05) is 0 Å². The van der Waals surface area contributed by atoms with Crippen LogP contribution in [-0.2, 0) is 14.4 Å². The van der Waals surface area contributed by atoms with E-state index in [0.29, 0.717) is 19.3 Å². The highest BCUT2D eigenvalue weighted by Crippen LogP contribution is 2.40. The van der Waals surface area contributed by atoms with Gasteiger partial charge >= 0.3 is 17.9 Å². The molecule has 3 N–H and O–H groups in total. The molecular formula is C10H14O6. The average molecular weight is 230 g/mol. The third kappa shape index (κ3) is 1.87. The molecule has 0 aromatic carbocycles. The van der Waals surface area contributed by atoms with E-state index in [1.54, 1.807) is 0 Å². The van der Waals surface area contributed by atoms with Crippen LogP contribution in [0.15, 0.2) is 0 Å². The van der Waals surface area contributed by atoms with Crippen LogP contribution in [-0.4, -0.2) is 33.2 Å². The van der Waals surface area contributed by atoms with E-state index >= 15 is 0 Å². The molecule has 0 amide bonds. The normalized spacial score (nSPS) is 24.4. The second-order valence-electron chi connectivity index (χ2n) is 4.07. The Balaban J connectivity index is 3.21. The molecule has 0 spiro atoms. The topological polar surface area (TPSA) is 112 Å². The third-order valence-corrected chi connectivity index (χ3v) is 3.22. The first-order chi connectivity index (χ1) is 7.43. The maximum absolute atomic E-state index is 11.1. The van der Waals surface area contributed by atoms with Crippen LogP contribution in [0.4, 0.5) is 0 Å². The van der Waals surface area contributed by atoms with E-state index in [2.05, 4.69) is 0 Å². The Labute approximate surface area is 91.9 Å². The molecule has 1 unspecified atom stereocenters. The van der Waals surface area contributed by atoms with E-state index < -0.39 is 29.2 Å². The summed E-state index contributed by atoms with van der Waals surface area (Å²) in [7, 11) is 0. The van der Waals surface area contributed by atoms with Crippen molar-refractivity contribution in [1.29, 1.82) is 0 Å². The molecule has 0 bridgehead atoms. The summed E-state index contributed by atoms with van der Waals surface area (Å²) in [5.74, 6) is -5.78. The molecule has 0 aliphatic heterocycles. The van der Waals surface area contributed by atoms with Gasteiger partial charge in [0.1, 0.15) is 0 Å². The molecule has 16 heavy (non-hydrogen) atoms. The fraction of sp³-hybridized carbons (Fsp3) is 0.700. The van der Waals surface area contributed by atoms with Crippen molar-refractivity contribution in [3.05, 3.63) is 0 Å². The zero-order chi connectivity index (χ0) is 12.3. The molecule has 0 saturated heterocycles. The van der Waals surface area contributed by atoms with E-state index in [9.17, 15) is 14.4 Å². The van der Waals surface area contributed by atoms with Crippen molar-refractivity contribution >= 4 is 17.9 Å². The van der Waals surface area contributed by atoms with E-state index in [-0.39, 0.29) is 12.8 Å². The lowest BCUT2D eigenvalue weighted by molar-refractivity contribution is -0.176. The van der Waals surface area contributed by atoms with Gasteiger partial charge in [-0.1, -0.05) is 19.3 Å². The van der Waals surface area contributed by atoms with Gasteiger partial charge in [0.2, 0.25) is 0 Å². The number of carboxylic acids is 3. The second-order valence-corrected chi connectivity index (χ2v) is 4.07. The second kappa shape index (κ2) is 4.51. The summed E-state index contributed by atoms with van der Waals surface area (Å²) in [4.78, 5) is 33.3. The summed E-state index contributed by atoms with van der Waals surface area (Å²) in [6.45, 7) is 0. The maximum Gasteiger partial charge on any atom is 0.321 e. The minimum Gasteiger partial charge on any atom is -0.481 e. The van der Waals surface area contributed by atoms with E-state index in [1.807, 2.05) is 0 Å². The Morgan fingerprint density at radius 2 is 1.50 bits per heavy atom. The average Bonchev–Trinajstić information content (AvgIpc) is 2.39. The van der Waals surface area contributed by atoms with Crippen LogP contribution < -0.4 is 0 Å². The van der Waals surface area contributed by atoms with E-state index in [1.165, 1.54) is 0 Å². The Kier molecular flexibility index (Phi) is 3.51. The molecule has 1 saturated carbocycles. The molecule has 0 aromatic heterocycles. The van der Waals surface area contributed by atoms with Crippen LogP contribution in [0, 0.1) is 11.3 Å². The van der Waals surface area contributed by atoms with Crippen molar-refractivity contribution < 1.29 is 29.7 Å².